The average molecular weight is 241 g/mol. The summed E-state index contributed by atoms with van der Waals surface area (Å²) < 4.78 is 5.00. The molecule has 98 valence electrons. The molecule has 17 heavy (non-hydrogen) atoms. The van der Waals surface area contributed by atoms with Crippen LogP contribution in [-0.2, 0) is 9.53 Å². The fraction of sp³-hybridized carbons (Fsp3) is 0.923. The number of hydrogen-bond donors (Lipinski definition) is 1. The van der Waals surface area contributed by atoms with E-state index in [-0.39, 0.29) is 12.1 Å². The van der Waals surface area contributed by atoms with Gasteiger partial charge < -0.3 is 9.84 Å². The van der Waals surface area contributed by atoms with Crippen LogP contribution in [0, 0.1) is 5.92 Å². The van der Waals surface area contributed by atoms with Crippen molar-refractivity contribution in [2.75, 3.05) is 19.7 Å². The molecule has 0 aromatic heterocycles. The average Bonchev–Trinajstić information content (AvgIpc) is 2.87. The maximum atomic E-state index is 11.5. The Balaban J connectivity index is 1.90. The minimum Gasteiger partial charge on any atom is -0.465 e. The van der Waals surface area contributed by atoms with E-state index in [1.165, 1.54) is 0 Å². The van der Waals surface area contributed by atoms with Crippen LogP contribution in [0.25, 0.3) is 0 Å². The number of nitrogens with zero attached hydrogens (tertiary/aromatic N) is 1. The zero-order valence-electron chi connectivity index (χ0n) is 10.6. The van der Waals surface area contributed by atoms with Gasteiger partial charge in [0.25, 0.3) is 0 Å². The first-order valence-corrected chi connectivity index (χ1v) is 6.80. The van der Waals surface area contributed by atoms with Gasteiger partial charge in [-0.1, -0.05) is 6.42 Å². The summed E-state index contributed by atoms with van der Waals surface area (Å²) in [4.78, 5) is 13.7. The molecule has 2 rings (SSSR count). The summed E-state index contributed by atoms with van der Waals surface area (Å²) in [6, 6.07) is 0.386. The van der Waals surface area contributed by atoms with Gasteiger partial charge in [0, 0.05) is 12.0 Å². The van der Waals surface area contributed by atoms with Gasteiger partial charge in [0.15, 0.2) is 0 Å². The Bertz CT molecular complexity index is 269. The van der Waals surface area contributed by atoms with Crippen LogP contribution in [0.4, 0.5) is 0 Å². The fourth-order valence-electron chi connectivity index (χ4n) is 3.32. The molecular formula is C13H23NO3. The van der Waals surface area contributed by atoms with Crippen LogP contribution < -0.4 is 0 Å². The number of rotatable bonds is 4. The number of hydrogen-bond acceptors (Lipinski definition) is 4. The summed E-state index contributed by atoms with van der Waals surface area (Å²) >= 11 is 0. The third kappa shape index (κ3) is 2.99. The van der Waals surface area contributed by atoms with Crippen LogP contribution in [0.1, 0.15) is 39.0 Å². The molecule has 0 aromatic rings. The molecule has 3 atom stereocenters. The Hall–Kier alpha value is -0.610. The highest BCUT2D eigenvalue weighted by molar-refractivity contribution is 5.71. The topological polar surface area (TPSA) is 49.8 Å². The Morgan fingerprint density at radius 2 is 2.18 bits per heavy atom. The molecule has 1 heterocycles. The first-order valence-electron chi connectivity index (χ1n) is 6.80. The van der Waals surface area contributed by atoms with E-state index < -0.39 is 0 Å². The van der Waals surface area contributed by atoms with Crippen molar-refractivity contribution >= 4 is 5.97 Å². The molecule has 0 amide bonds. The number of carbonyl (C=O) groups is 1. The lowest BCUT2D eigenvalue weighted by Crippen LogP contribution is -2.41. The fourth-order valence-corrected chi connectivity index (χ4v) is 3.32. The molecule has 2 fully saturated rings. The number of ether oxygens (including phenoxy) is 1. The predicted octanol–water partition coefficient (Wildman–Crippen LogP) is 1.17. The Morgan fingerprint density at radius 3 is 2.82 bits per heavy atom. The van der Waals surface area contributed by atoms with E-state index in [1.54, 1.807) is 0 Å². The molecule has 3 unspecified atom stereocenters. The molecular weight excluding hydrogens is 218 g/mol. The van der Waals surface area contributed by atoms with Gasteiger partial charge in [-0.2, -0.15) is 0 Å². The highest BCUT2D eigenvalue weighted by Gasteiger charge is 2.38. The monoisotopic (exact) mass is 241 g/mol. The van der Waals surface area contributed by atoms with Crippen LogP contribution in [0.2, 0.25) is 0 Å². The van der Waals surface area contributed by atoms with Gasteiger partial charge in [-0.3, -0.25) is 9.69 Å². The summed E-state index contributed by atoms with van der Waals surface area (Å²) in [6.07, 6.45) is 5.23. The molecule has 2 aliphatic rings. The molecule has 0 aromatic carbocycles. The van der Waals surface area contributed by atoms with Crippen LogP contribution in [0.15, 0.2) is 0 Å². The normalized spacial score (nSPS) is 34.1. The number of likely N-dealkylation sites (tertiary alicyclic amines) is 1. The van der Waals surface area contributed by atoms with Crippen molar-refractivity contribution in [3.05, 3.63) is 0 Å². The highest BCUT2D eigenvalue weighted by atomic mass is 16.5. The smallest absolute Gasteiger partial charge is 0.320 e. The van der Waals surface area contributed by atoms with Crippen LogP contribution in [0.3, 0.4) is 0 Å². The zero-order chi connectivity index (χ0) is 12.3. The molecule has 1 aliphatic heterocycles. The van der Waals surface area contributed by atoms with Gasteiger partial charge in [0.1, 0.15) is 0 Å². The Morgan fingerprint density at radius 1 is 1.35 bits per heavy atom. The maximum Gasteiger partial charge on any atom is 0.320 e. The summed E-state index contributed by atoms with van der Waals surface area (Å²) in [5.41, 5.74) is 0. The number of aliphatic hydroxyl groups is 1. The largest absolute Gasteiger partial charge is 0.465 e. The van der Waals surface area contributed by atoms with Gasteiger partial charge in [-0.05, 0) is 39.2 Å². The standard InChI is InChI=1S/C13H23NO3/c1-2-17-13(16)9-14-8-4-6-11(14)10-5-3-7-12(10)15/h10-12,15H,2-9H2,1H3. The lowest BCUT2D eigenvalue weighted by atomic mass is 9.94. The second kappa shape index (κ2) is 5.83. The highest BCUT2D eigenvalue weighted by Crippen LogP contribution is 2.35. The number of esters is 1. The van der Waals surface area contributed by atoms with E-state index in [9.17, 15) is 9.90 Å². The molecule has 4 heteroatoms. The van der Waals surface area contributed by atoms with Crippen molar-refractivity contribution in [1.82, 2.24) is 4.90 Å². The van der Waals surface area contributed by atoms with Crippen molar-refractivity contribution in [2.45, 2.75) is 51.2 Å². The SMILES string of the molecule is CCOC(=O)CN1CCCC1C1CCCC1O. The lowest BCUT2D eigenvalue weighted by Gasteiger charge is -2.30. The van der Waals surface area contributed by atoms with Gasteiger partial charge in [0.05, 0.1) is 19.3 Å². The minimum absolute atomic E-state index is 0.133. The van der Waals surface area contributed by atoms with E-state index in [0.29, 0.717) is 25.1 Å². The molecule has 0 bridgehead atoms. The Kier molecular flexibility index (Phi) is 4.40. The van der Waals surface area contributed by atoms with Gasteiger partial charge in [0.2, 0.25) is 0 Å². The summed E-state index contributed by atoms with van der Waals surface area (Å²) in [5.74, 6) is 0.235. The van der Waals surface area contributed by atoms with Gasteiger partial charge >= 0.3 is 5.97 Å². The molecule has 1 aliphatic carbocycles. The number of carbonyl (C=O) groups excluding carboxylic acids is 1. The van der Waals surface area contributed by atoms with Crippen molar-refractivity contribution in [3.8, 4) is 0 Å². The molecule has 4 nitrogen and oxygen atoms in total. The molecule has 1 saturated carbocycles. The summed E-state index contributed by atoms with van der Waals surface area (Å²) in [6.45, 7) is 3.64. The van der Waals surface area contributed by atoms with Crippen molar-refractivity contribution in [3.63, 3.8) is 0 Å². The summed E-state index contributed by atoms with van der Waals surface area (Å²) in [5, 5.41) is 9.96. The van der Waals surface area contributed by atoms with E-state index >= 15 is 0 Å². The van der Waals surface area contributed by atoms with Crippen molar-refractivity contribution in [2.24, 2.45) is 5.92 Å². The van der Waals surface area contributed by atoms with Gasteiger partial charge in [-0.15, -0.1) is 0 Å². The van der Waals surface area contributed by atoms with E-state index in [0.717, 1.165) is 38.6 Å². The Labute approximate surface area is 103 Å². The minimum atomic E-state index is -0.164. The molecule has 1 saturated heterocycles. The number of aliphatic hydroxyl groups excluding tert-OH is 1. The first-order chi connectivity index (χ1) is 8.22. The second-order valence-corrected chi connectivity index (χ2v) is 5.15. The van der Waals surface area contributed by atoms with Crippen molar-refractivity contribution in [1.29, 1.82) is 0 Å². The third-order valence-corrected chi connectivity index (χ3v) is 4.08. The van der Waals surface area contributed by atoms with Crippen LogP contribution in [-0.4, -0.2) is 47.8 Å². The third-order valence-electron chi connectivity index (χ3n) is 4.08. The predicted molar refractivity (Wildman–Crippen MR) is 64.6 cm³/mol. The second-order valence-electron chi connectivity index (χ2n) is 5.15. The zero-order valence-corrected chi connectivity index (χ0v) is 10.6. The first kappa shape index (κ1) is 12.8. The molecule has 1 N–H and O–H groups in total. The van der Waals surface area contributed by atoms with Crippen LogP contribution in [0.5, 0.6) is 0 Å². The van der Waals surface area contributed by atoms with Crippen LogP contribution >= 0.6 is 0 Å². The molecule has 0 radical (unpaired) electrons. The van der Waals surface area contributed by atoms with E-state index in [1.807, 2.05) is 6.92 Å². The maximum absolute atomic E-state index is 11.5. The van der Waals surface area contributed by atoms with E-state index in [4.69, 9.17) is 4.74 Å². The molecule has 0 spiro atoms. The quantitative estimate of drug-likeness (QED) is 0.751. The lowest BCUT2D eigenvalue weighted by molar-refractivity contribution is -0.145. The van der Waals surface area contributed by atoms with Gasteiger partial charge in [-0.25, -0.2) is 0 Å². The van der Waals surface area contributed by atoms with E-state index in [2.05, 4.69) is 4.90 Å². The summed E-state index contributed by atoms with van der Waals surface area (Å²) in [7, 11) is 0. The van der Waals surface area contributed by atoms with Crippen molar-refractivity contribution < 1.29 is 14.6 Å².